The molecule has 26 heavy (non-hydrogen) atoms. The highest BCUT2D eigenvalue weighted by Gasteiger charge is 2.21. The summed E-state index contributed by atoms with van der Waals surface area (Å²) in [5.74, 6) is 0.230. The Morgan fingerprint density at radius 2 is 1.81 bits per heavy atom. The van der Waals surface area contributed by atoms with Gasteiger partial charge in [0.25, 0.3) is 0 Å². The van der Waals surface area contributed by atoms with Gasteiger partial charge in [0.1, 0.15) is 22.5 Å². The largest absolute Gasteiger partial charge is 0.508 e. The summed E-state index contributed by atoms with van der Waals surface area (Å²) >= 11 is 0. The first kappa shape index (κ1) is 17.7. The Morgan fingerprint density at radius 3 is 2.42 bits per heavy atom. The van der Waals surface area contributed by atoms with E-state index in [1.807, 2.05) is 19.9 Å². The Morgan fingerprint density at radius 1 is 1.12 bits per heavy atom. The minimum absolute atomic E-state index is 0.00989. The number of aromatic hydroxyl groups is 2. The second-order valence-corrected chi connectivity index (χ2v) is 6.23. The molecule has 0 spiro atoms. The smallest absolute Gasteiger partial charge is 0.205 e. The Hall–Kier alpha value is -3.15. The Bertz CT molecular complexity index is 1090. The van der Waals surface area contributed by atoms with Gasteiger partial charge in [-0.15, -0.1) is 0 Å². The molecular weight excluding hydrogens is 336 g/mol. The standard InChI is InChI=1S/C20H20O6/c1-10(2)5-6-11-7-13-17(23)16-14(22)8-12(21)9-15(16)26-19(13)20(25-4)18(11)24-3/h5,7-9,21-22H,6H2,1-4H3. The van der Waals surface area contributed by atoms with Crippen molar-refractivity contribution in [2.75, 3.05) is 14.2 Å². The van der Waals surface area contributed by atoms with Gasteiger partial charge in [0.05, 0.1) is 19.6 Å². The van der Waals surface area contributed by atoms with Crippen molar-refractivity contribution in [3.63, 3.8) is 0 Å². The van der Waals surface area contributed by atoms with Crippen LogP contribution in [-0.2, 0) is 6.42 Å². The van der Waals surface area contributed by atoms with Gasteiger partial charge in [0.15, 0.2) is 11.3 Å². The van der Waals surface area contributed by atoms with Crippen LogP contribution in [0.3, 0.4) is 0 Å². The lowest BCUT2D eigenvalue weighted by Gasteiger charge is -2.15. The molecule has 136 valence electrons. The van der Waals surface area contributed by atoms with Gasteiger partial charge in [-0.1, -0.05) is 11.6 Å². The number of fused-ring (bicyclic) bond motifs is 2. The molecule has 0 radical (unpaired) electrons. The highest BCUT2D eigenvalue weighted by Crippen LogP contribution is 2.40. The minimum atomic E-state index is -0.404. The zero-order valence-corrected chi connectivity index (χ0v) is 15.0. The molecule has 2 aromatic carbocycles. The van der Waals surface area contributed by atoms with E-state index in [-0.39, 0.29) is 33.4 Å². The number of methoxy groups -OCH3 is 2. The molecule has 0 fully saturated rings. The lowest BCUT2D eigenvalue weighted by atomic mass is 10.0. The van der Waals surface area contributed by atoms with Crippen molar-refractivity contribution in [1.29, 1.82) is 0 Å². The van der Waals surface area contributed by atoms with Crippen LogP contribution in [0.5, 0.6) is 23.0 Å². The highest BCUT2D eigenvalue weighted by molar-refractivity contribution is 5.97. The molecule has 0 aliphatic rings. The summed E-state index contributed by atoms with van der Waals surface area (Å²) in [5.41, 5.74) is 1.76. The molecule has 1 heterocycles. The minimum Gasteiger partial charge on any atom is -0.508 e. The molecule has 6 nitrogen and oxygen atoms in total. The van der Waals surface area contributed by atoms with E-state index in [1.165, 1.54) is 20.3 Å². The molecule has 0 bridgehead atoms. The first-order valence-corrected chi connectivity index (χ1v) is 8.07. The van der Waals surface area contributed by atoms with Gasteiger partial charge in [-0.2, -0.15) is 0 Å². The van der Waals surface area contributed by atoms with Crippen LogP contribution in [0.4, 0.5) is 0 Å². The molecule has 6 heteroatoms. The fourth-order valence-corrected chi connectivity index (χ4v) is 2.96. The molecule has 3 rings (SSSR count). The third-order valence-corrected chi connectivity index (χ3v) is 4.16. The number of phenolic OH excluding ortho intramolecular Hbond substituents is 2. The number of rotatable bonds is 4. The fraction of sp³-hybridized carbons (Fsp3) is 0.250. The van der Waals surface area contributed by atoms with Crippen LogP contribution in [0.25, 0.3) is 21.9 Å². The monoisotopic (exact) mass is 356 g/mol. The Labute approximate surface area is 149 Å². The zero-order chi connectivity index (χ0) is 19.0. The van der Waals surface area contributed by atoms with Crippen LogP contribution in [0, 0.1) is 0 Å². The first-order chi connectivity index (χ1) is 12.4. The maximum Gasteiger partial charge on any atom is 0.205 e. The van der Waals surface area contributed by atoms with E-state index in [1.54, 1.807) is 6.07 Å². The number of hydrogen-bond acceptors (Lipinski definition) is 6. The number of ether oxygens (including phenoxy) is 2. The van der Waals surface area contributed by atoms with E-state index in [2.05, 4.69) is 0 Å². The van der Waals surface area contributed by atoms with Crippen LogP contribution in [0.2, 0.25) is 0 Å². The predicted molar refractivity (Wildman–Crippen MR) is 99.6 cm³/mol. The molecule has 0 amide bonds. The SMILES string of the molecule is COc1c(CC=C(C)C)cc2c(=O)c3c(O)cc(O)cc3oc2c1OC. The van der Waals surface area contributed by atoms with Gasteiger partial charge in [0.2, 0.25) is 11.2 Å². The summed E-state index contributed by atoms with van der Waals surface area (Å²) in [6.45, 7) is 3.97. The van der Waals surface area contributed by atoms with Crippen LogP contribution in [-0.4, -0.2) is 24.4 Å². The average molecular weight is 356 g/mol. The molecule has 1 aromatic heterocycles. The van der Waals surface area contributed by atoms with E-state index >= 15 is 0 Å². The first-order valence-electron chi connectivity index (χ1n) is 8.07. The van der Waals surface area contributed by atoms with Crippen molar-refractivity contribution in [3.05, 3.63) is 45.6 Å². The third-order valence-electron chi connectivity index (χ3n) is 4.16. The molecule has 0 atom stereocenters. The maximum absolute atomic E-state index is 13.0. The summed E-state index contributed by atoms with van der Waals surface area (Å²) in [6, 6.07) is 4.07. The van der Waals surface area contributed by atoms with Gasteiger partial charge in [0, 0.05) is 17.7 Å². The normalized spacial score (nSPS) is 10.9. The van der Waals surface area contributed by atoms with Crippen LogP contribution < -0.4 is 14.9 Å². The molecule has 0 aliphatic heterocycles. The Kier molecular flexibility index (Phi) is 4.50. The van der Waals surface area contributed by atoms with Crippen molar-refractivity contribution in [1.82, 2.24) is 0 Å². The number of allylic oxidation sites excluding steroid dienone is 2. The molecule has 0 unspecified atom stereocenters. The van der Waals surface area contributed by atoms with E-state index in [0.29, 0.717) is 17.9 Å². The second kappa shape index (κ2) is 6.63. The summed E-state index contributed by atoms with van der Waals surface area (Å²) in [4.78, 5) is 13.0. The number of benzene rings is 2. The van der Waals surface area contributed by atoms with Crippen molar-refractivity contribution in [2.45, 2.75) is 20.3 Å². The van der Waals surface area contributed by atoms with Crippen molar-refractivity contribution < 1.29 is 24.1 Å². The summed E-state index contributed by atoms with van der Waals surface area (Å²) in [6.07, 6.45) is 2.57. The lowest BCUT2D eigenvalue weighted by molar-refractivity contribution is 0.351. The fourth-order valence-electron chi connectivity index (χ4n) is 2.96. The lowest BCUT2D eigenvalue weighted by Crippen LogP contribution is -2.06. The van der Waals surface area contributed by atoms with Crippen molar-refractivity contribution in [2.24, 2.45) is 0 Å². The van der Waals surface area contributed by atoms with Gasteiger partial charge >= 0.3 is 0 Å². The molecule has 0 saturated heterocycles. The van der Waals surface area contributed by atoms with Crippen molar-refractivity contribution >= 4 is 21.9 Å². The average Bonchev–Trinajstić information content (AvgIpc) is 2.58. The van der Waals surface area contributed by atoms with E-state index in [9.17, 15) is 15.0 Å². The van der Waals surface area contributed by atoms with Crippen LogP contribution in [0.1, 0.15) is 19.4 Å². The molecule has 3 aromatic rings. The highest BCUT2D eigenvalue weighted by atomic mass is 16.5. The number of phenols is 2. The van der Waals surface area contributed by atoms with E-state index < -0.39 is 5.43 Å². The van der Waals surface area contributed by atoms with Gasteiger partial charge in [-0.25, -0.2) is 0 Å². The molecular formula is C20H20O6. The van der Waals surface area contributed by atoms with Crippen molar-refractivity contribution in [3.8, 4) is 23.0 Å². The number of hydrogen-bond donors (Lipinski definition) is 2. The predicted octanol–water partition coefficient (Wildman–Crippen LogP) is 3.88. The topological polar surface area (TPSA) is 89.1 Å². The quantitative estimate of drug-likeness (QED) is 0.545. The van der Waals surface area contributed by atoms with E-state index in [0.717, 1.165) is 17.2 Å². The molecule has 0 aliphatic carbocycles. The molecule has 2 N–H and O–H groups in total. The second-order valence-electron chi connectivity index (χ2n) is 6.23. The molecule has 0 saturated carbocycles. The summed E-state index contributed by atoms with van der Waals surface area (Å²) in [5, 5.41) is 20.0. The van der Waals surface area contributed by atoms with E-state index in [4.69, 9.17) is 13.9 Å². The van der Waals surface area contributed by atoms with Crippen LogP contribution >= 0.6 is 0 Å². The van der Waals surface area contributed by atoms with Gasteiger partial charge in [-0.3, -0.25) is 4.79 Å². The zero-order valence-electron chi connectivity index (χ0n) is 15.0. The van der Waals surface area contributed by atoms with Gasteiger partial charge in [-0.05, 0) is 26.3 Å². The van der Waals surface area contributed by atoms with Gasteiger partial charge < -0.3 is 24.1 Å². The summed E-state index contributed by atoms with van der Waals surface area (Å²) in [7, 11) is 2.98. The maximum atomic E-state index is 13.0. The Balaban J connectivity index is 2.47. The summed E-state index contributed by atoms with van der Waals surface area (Å²) < 4.78 is 16.7. The van der Waals surface area contributed by atoms with Crippen LogP contribution in [0.15, 0.2) is 39.1 Å². The third kappa shape index (κ3) is 2.83.